The van der Waals surface area contributed by atoms with Crippen LogP contribution in [0.15, 0.2) is 48.2 Å². The maximum atomic E-state index is 12.1. The number of carbonyl (C=O) groups excluding carboxylic acids is 1. The molecule has 0 aliphatic carbocycles. The lowest BCUT2D eigenvalue weighted by atomic mass is 10.2. The van der Waals surface area contributed by atoms with Crippen molar-refractivity contribution in [3.63, 3.8) is 0 Å². The number of hydrogen-bond donors (Lipinski definition) is 2. The molecule has 0 amide bonds. The van der Waals surface area contributed by atoms with E-state index in [1.807, 2.05) is 50.6 Å². The molecule has 1 aromatic heterocycles. The van der Waals surface area contributed by atoms with Crippen LogP contribution in [0.5, 0.6) is 0 Å². The minimum atomic E-state index is -0.367. The van der Waals surface area contributed by atoms with E-state index >= 15 is 0 Å². The van der Waals surface area contributed by atoms with Crippen LogP contribution in [-0.4, -0.2) is 39.6 Å². The van der Waals surface area contributed by atoms with E-state index in [1.54, 1.807) is 29.2 Å². The monoisotopic (exact) mass is 418 g/mol. The average Bonchev–Trinajstić information content (AvgIpc) is 3.21. The highest BCUT2D eigenvalue weighted by atomic mass is 16.5. The minimum absolute atomic E-state index is 0.0977. The van der Waals surface area contributed by atoms with Crippen molar-refractivity contribution >= 4 is 34.1 Å². The molecular weight excluding hydrogens is 392 g/mol. The number of anilines is 1. The number of aliphatic hydroxyl groups is 1. The van der Waals surface area contributed by atoms with E-state index in [0.29, 0.717) is 29.3 Å². The zero-order valence-electron chi connectivity index (χ0n) is 18.1. The highest BCUT2D eigenvalue weighted by Crippen LogP contribution is 2.32. The van der Waals surface area contributed by atoms with E-state index in [9.17, 15) is 9.90 Å². The molecule has 7 nitrogen and oxygen atoms in total. The first kappa shape index (κ1) is 20.7. The van der Waals surface area contributed by atoms with Gasteiger partial charge in [0.1, 0.15) is 17.4 Å². The largest absolute Gasteiger partial charge is 0.509 e. The van der Waals surface area contributed by atoms with Crippen molar-refractivity contribution in [3.05, 3.63) is 65.2 Å². The molecule has 0 radical (unpaired) electrons. The molecule has 160 valence electrons. The molecule has 0 fully saturated rings. The van der Waals surface area contributed by atoms with Gasteiger partial charge in [-0.25, -0.2) is 9.78 Å². The number of imidazole rings is 1. The van der Waals surface area contributed by atoms with Gasteiger partial charge in [-0.1, -0.05) is 19.9 Å². The number of rotatable bonds is 5. The van der Waals surface area contributed by atoms with Gasteiger partial charge in [-0.3, -0.25) is 5.41 Å². The Hall–Kier alpha value is -3.61. The van der Waals surface area contributed by atoms with Crippen molar-refractivity contribution in [2.45, 2.75) is 20.8 Å². The summed E-state index contributed by atoms with van der Waals surface area (Å²) in [7, 11) is 1.88. The van der Waals surface area contributed by atoms with E-state index in [4.69, 9.17) is 10.1 Å². The van der Waals surface area contributed by atoms with Crippen LogP contribution in [-0.2, 0) is 11.8 Å². The molecule has 31 heavy (non-hydrogen) atoms. The quantitative estimate of drug-likeness (QED) is 0.597. The number of benzene rings is 2. The van der Waals surface area contributed by atoms with Crippen LogP contribution in [0.1, 0.15) is 35.6 Å². The Bertz CT molecular complexity index is 1210. The molecule has 2 aromatic carbocycles. The second-order valence-electron chi connectivity index (χ2n) is 8.28. The Morgan fingerprint density at radius 3 is 2.61 bits per heavy atom. The number of aromatic nitrogens is 2. The third kappa shape index (κ3) is 3.79. The number of ether oxygens (including phenoxy) is 1. The van der Waals surface area contributed by atoms with Crippen LogP contribution in [0.3, 0.4) is 0 Å². The number of hydrogen-bond acceptors (Lipinski definition) is 5. The first-order chi connectivity index (χ1) is 14.8. The third-order valence-corrected chi connectivity index (χ3v) is 5.33. The van der Waals surface area contributed by atoms with Crippen LogP contribution in [0, 0.1) is 18.3 Å². The fourth-order valence-electron chi connectivity index (χ4n) is 3.67. The van der Waals surface area contributed by atoms with Gasteiger partial charge in [0.15, 0.2) is 0 Å². The molecule has 2 N–H and O–H groups in total. The van der Waals surface area contributed by atoms with Crippen molar-refractivity contribution in [2.75, 3.05) is 18.1 Å². The number of nitrogens with zero attached hydrogens (tertiary/aromatic N) is 3. The van der Waals surface area contributed by atoms with E-state index in [2.05, 4.69) is 4.98 Å². The number of aryl methyl sites for hydroxylation is 2. The summed E-state index contributed by atoms with van der Waals surface area (Å²) in [5, 5.41) is 19.4. The Balaban J connectivity index is 1.58. The smallest absolute Gasteiger partial charge is 0.338 e. The summed E-state index contributed by atoms with van der Waals surface area (Å²) >= 11 is 0. The van der Waals surface area contributed by atoms with Crippen molar-refractivity contribution in [1.82, 2.24) is 9.55 Å². The van der Waals surface area contributed by atoms with Crippen LogP contribution in [0.4, 0.5) is 5.69 Å². The summed E-state index contributed by atoms with van der Waals surface area (Å²) in [6.07, 6.45) is 0. The van der Waals surface area contributed by atoms with Crippen molar-refractivity contribution in [2.24, 2.45) is 13.0 Å². The maximum absolute atomic E-state index is 12.1. The van der Waals surface area contributed by atoms with Gasteiger partial charge in [0, 0.05) is 12.7 Å². The second kappa shape index (κ2) is 7.91. The molecule has 1 aliphatic heterocycles. The molecule has 1 aliphatic rings. The van der Waals surface area contributed by atoms with Gasteiger partial charge in [-0.05, 0) is 54.8 Å². The number of esters is 1. The number of amidine groups is 1. The topological polar surface area (TPSA) is 91.4 Å². The molecule has 4 rings (SSSR count). The van der Waals surface area contributed by atoms with Crippen LogP contribution in [0.25, 0.3) is 16.6 Å². The standard InChI is InChI=1S/C24H26N4O3/c1-14(2)13-31-24(30)16-6-8-17(9-7-16)28-12-20(29)21(22(28)25)23-26-18-11-15(3)5-10-19(18)27(23)4/h5-11,14,25,29H,12-13H2,1-4H3. The first-order valence-electron chi connectivity index (χ1n) is 10.3. The van der Waals surface area contributed by atoms with Crippen LogP contribution in [0.2, 0.25) is 0 Å². The zero-order chi connectivity index (χ0) is 22.3. The summed E-state index contributed by atoms with van der Waals surface area (Å²) in [4.78, 5) is 18.5. The molecule has 0 atom stereocenters. The number of nitrogens with one attached hydrogen (secondary N) is 1. The lowest BCUT2D eigenvalue weighted by Crippen LogP contribution is -2.26. The van der Waals surface area contributed by atoms with Gasteiger partial charge in [-0.2, -0.15) is 0 Å². The molecule has 0 unspecified atom stereocenters. The Morgan fingerprint density at radius 2 is 1.94 bits per heavy atom. The lowest BCUT2D eigenvalue weighted by molar-refractivity contribution is 0.0459. The first-order valence-corrected chi connectivity index (χ1v) is 10.3. The average molecular weight is 418 g/mol. The summed E-state index contributed by atoms with van der Waals surface area (Å²) < 4.78 is 7.16. The van der Waals surface area contributed by atoms with E-state index in [0.717, 1.165) is 16.6 Å². The predicted octanol–water partition coefficient (Wildman–Crippen LogP) is 4.46. The van der Waals surface area contributed by atoms with Gasteiger partial charge in [0.25, 0.3) is 0 Å². The maximum Gasteiger partial charge on any atom is 0.338 e. The van der Waals surface area contributed by atoms with Gasteiger partial charge in [0.05, 0.1) is 35.3 Å². The zero-order valence-corrected chi connectivity index (χ0v) is 18.1. The van der Waals surface area contributed by atoms with Crippen molar-refractivity contribution < 1.29 is 14.6 Å². The Kier molecular flexibility index (Phi) is 5.27. The molecule has 2 heterocycles. The molecule has 0 saturated carbocycles. The van der Waals surface area contributed by atoms with Gasteiger partial charge in [-0.15, -0.1) is 0 Å². The van der Waals surface area contributed by atoms with Crippen molar-refractivity contribution in [1.29, 1.82) is 5.41 Å². The highest BCUT2D eigenvalue weighted by Gasteiger charge is 2.32. The van der Waals surface area contributed by atoms with Gasteiger partial charge >= 0.3 is 5.97 Å². The highest BCUT2D eigenvalue weighted by molar-refractivity contribution is 6.30. The predicted molar refractivity (Wildman–Crippen MR) is 122 cm³/mol. The molecule has 0 saturated heterocycles. The summed E-state index contributed by atoms with van der Waals surface area (Å²) in [6, 6.07) is 12.9. The SMILES string of the molecule is Cc1ccc2c(c1)nc(C1=C(O)CN(c3ccc(C(=O)OCC(C)C)cc3)C1=N)n2C. The summed E-state index contributed by atoms with van der Waals surface area (Å²) in [5.41, 5.74) is 4.45. The fourth-order valence-corrected chi connectivity index (χ4v) is 3.67. The molecule has 3 aromatic rings. The Morgan fingerprint density at radius 1 is 1.23 bits per heavy atom. The third-order valence-electron chi connectivity index (χ3n) is 5.33. The van der Waals surface area contributed by atoms with E-state index in [-0.39, 0.29) is 30.0 Å². The second-order valence-corrected chi connectivity index (χ2v) is 8.28. The number of aliphatic hydroxyl groups excluding tert-OH is 1. The van der Waals surface area contributed by atoms with E-state index < -0.39 is 0 Å². The number of carbonyl (C=O) groups is 1. The molecule has 0 spiro atoms. The molecular formula is C24H26N4O3. The number of fused-ring (bicyclic) bond motifs is 1. The molecule has 0 bridgehead atoms. The lowest BCUT2D eigenvalue weighted by Gasteiger charge is -2.19. The molecule has 7 heteroatoms. The normalized spacial score (nSPS) is 14.2. The van der Waals surface area contributed by atoms with E-state index in [1.165, 1.54) is 0 Å². The Labute approximate surface area is 181 Å². The van der Waals surface area contributed by atoms with Gasteiger partial charge < -0.3 is 19.3 Å². The summed E-state index contributed by atoms with van der Waals surface area (Å²) in [5.74, 6) is 0.726. The summed E-state index contributed by atoms with van der Waals surface area (Å²) in [6.45, 7) is 6.52. The van der Waals surface area contributed by atoms with Crippen molar-refractivity contribution in [3.8, 4) is 0 Å². The minimum Gasteiger partial charge on any atom is -0.509 e. The fraction of sp³-hybridized carbons (Fsp3) is 0.292. The van der Waals surface area contributed by atoms with Crippen LogP contribution >= 0.6 is 0 Å². The van der Waals surface area contributed by atoms with Crippen LogP contribution < -0.4 is 4.90 Å². The van der Waals surface area contributed by atoms with Gasteiger partial charge in [0.2, 0.25) is 0 Å².